The highest BCUT2D eigenvalue weighted by Crippen LogP contribution is 2.11. The maximum atomic E-state index is 12.8. The second-order valence-corrected chi connectivity index (χ2v) is 8.61. The Bertz CT molecular complexity index is 878. The molecule has 0 aliphatic rings. The number of amides is 3. The summed E-state index contributed by atoms with van der Waals surface area (Å²) in [6.45, 7) is 2.82. The summed E-state index contributed by atoms with van der Waals surface area (Å²) in [5, 5.41) is 45.7. The van der Waals surface area contributed by atoms with Crippen LogP contribution in [0, 0.1) is 0 Å². The number of rotatable bonds is 15. The van der Waals surface area contributed by atoms with E-state index in [0.29, 0.717) is 24.9 Å². The lowest BCUT2D eigenvalue weighted by Crippen LogP contribution is -2.62. The van der Waals surface area contributed by atoms with Crippen molar-refractivity contribution < 1.29 is 39.6 Å². The fourth-order valence-electron chi connectivity index (χ4n) is 3.30. The van der Waals surface area contributed by atoms with Crippen molar-refractivity contribution in [3.63, 3.8) is 0 Å². The molecular formula is C23H37N5O8. The van der Waals surface area contributed by atoms with Crippen LogP contribution in [0.3, 0.4) is 0 Å². The number of phenols is 1. The number of hydrogen-bond donors (Lipinski definition) is 9. The number of carboxylic acid groups (broad SMARTS) is 1. The minimum Gasteiger partial charge on any atom is -0.508 e. The molecule has 0 aliphatic heterocycles. The molecule has 0 spiro atoms. The van der Waals surface area contributed by atoms with Gasteiger partial charge in [0.15, 0.2) is 0 Å². The van der Waals surface area contributed by atoms with Gasteiger partial charge in [0.05, 0.1) is 18.2 Å². The van der Waals surface area contributed by atoms with Gasteiger partial charge in [-0.1, -0.05) is 12.1 Å². The number of unbranched alkanes of at least 4 members (excludes halogenated alkanes) is 1. The van der Waals surface area contributed by atoms with Crippen LogP contribution in [0.15, 0.2) is 24.3 Å². The van der Waals surface area contributed by atoms with Crippen LogP contribution >= 0.6 is 0 Å². The number of carbonyl (C=O) groups excluding carboxylic acids is 3. The number of aliphatic hydroxyl groups is 2. The first-order valence-electron chi connectivity index (χ1n) is 11.6. The summed E-state index contributed by atoms with van der Waals surface area (Å²) < 4.78 is 0. The lowest BCUT2D eigenvalue weighted by Gasteiger charge is -2.27. The molecule has 6 unspecified atom stereocenters. The number of aliphatic carboxylic acids is 1. The fourth-order valence-corrected chi connectivity index (χ4v) is 3.30. The van der Waals surface area contributed by atoms with E-state index in [1.807, 2.05) is 0 Å². The van der Waals surface area contributed by atoms with Crippen molar-refractivity contribution in [3.8, 4) is 5.75 Å². The van der Waals surface area contributed by atoms with Crippen molar-refractivity contribution in [3.05, 3.63) is 29.8 Å². The number of hydrogen-bond acceptors (Lipinski definition) is 9. The Labute approximate surface area is 209 Å². The number of carbonyl (C=O) groups is 4. The average Bonchev–Trinajstić information content (AvgIpc) is 2.80. The van der Waals surface area contributed by atoms with E-state index in [-0.39, 0.29) is 18.6 Å². The molecule has 6 atom stereocenters. The number of nitrogens with two attached hydrogens (primary N) is 2. The van der Waals surface area contributed by atoms with Crippen molar-refractivity contribution in [1.29, 1.82) is 0 Å². The van der Waals surface area contributed by atoms with E-state index in [4.69, 9.17) is 11.5 Å². The average molecular weight is 512 g/mol. The predicted molar refractivity (Wildman–Crippen MR) is 129 cm³/mol. The Morgan fingerprint density at radius 1 is 0.861 bits per heavy atom. The first kappa shape index (κ1) is 30.8. The van der Waals surface area contributed by atoms with Crippen LogP contribution in [-0.2, 0) is 25.6 Å². The zero-order valence-electron chi connectivity index (χ0n) is 20.4. The number of phenolic OH excluding ortho intramolecular Hbond substituents is 1. The SMILES string of the molecule is CC(O)C(NC(=O)C(N)Cc1ccc(O)cc1)C(=O)NC(C(=O)NC(CCCCN)C(=O)O)C(C)O. The summed E-state index contributed by atoms with van der Waals surface area (Å²) in [5.74, 6) is -3.92. The van der Waals surface area contributed by atoms with Crippen molar-refractivity contribution in [1.82, 2.24) is 16.0 Å². The molecular weight excluding hydrogens is 474 g/mol. The molecule has 0 radical (unpaired) electrons. The van der Waals surface area contributed by atoms with Crippen molar-refractivity contribution in [2.24, 2.45) is 11.5 Å². The van der Waals surface area contributed by atoms with E-state index in [2.05, 4.69) is 16.0 Å². The van der Waals surface area contributed by atoms with Gasteiger partial charge in [-0.15, -0.1) is 0 Å². The Kier molecular flexibility index (Phi) is 12.8. The molecule has 13 nitrogen and oxygen atoms in total. The number of aromatic hydroxyl groups is 1. The summed E-state index contributed by atoms with van der Waals surface area (Å²) in [6, 6.07) is 0.591. The lowest BCUT2D eigenvalue weighted by molar-refractivity contribution is -0.143. The van der Waals surface area contributed by atoms with E-state index < -0.39 is 60.1 Å². The largest absolute Gasteiger partial charge is 0.508 e. The molecule has 0 fully saturated rings. The summed E-state index contributed by atoms with van der Waals surface area (Å²) in [5.41, 5.74) is 12.0. The van der Waals surface area contributed by atoms with Gasteiger partial charge in [-0.2, -0.15) is 0 Å². The number of benzene rings is 1. The van der Waals surface area contributed by atoms with Gasteiger partial charge in [0.25, 0.3) is 0 Å². The van der Waals surface area contributed by atoms with Gasteiger partial charge in [-0.05, 0) is 63.8 Å². The highest BCUT2D eigenvalue weighted by Gasteiger charge is 2.34. The Morgan fingerprint density at radius 3 is 1.83 bits per heavy atom. The third-order valence-electron chi connectivity index (χ3n) is 5.42. The van der Waals surface area contributed by atoms with E-state index in [1.165, 1.54) is 26.0 Å². The topological polar surface area (TPSA) is 237 Å². The van der Waals surface area contributed by atoms with Gasteiger partial charge in [0.1, 0.15) is 23.9 Å². The quantitative estimate of drug-likeness (QED) is 0.114. The van der Waals surface area contributed by atoms with E-state index in [0.717, 1.165) is 0 Å². The van der Waals surface area contributed by atoms with Gasteiger partial charge >= 0.3 is 5.97 Å². The zero-order chi connectivity index (χ0) is 27.4. The lowest BCUT2D eigenvalue weighted by atomic mass is 10.0. The normalized spacial score (nSPS) is 16.1. The summed E-state index contributed by atoms with van der Waals surface area (Å²) in [7, 11) is 0. The molecule has 11 N–H and O–H groups in total. The molecule has 0 aromatic heterocycles. The molecule has 3 amide bonds. The molecule has 0 bridgehead atoms. The van der Waals surface area contributed by atoms with Crippen molar-refractivity contribution in [2.75, 3.05) is 6.54 Å². The van der Waals surface area contributed by atoms with E-state index in [1.54, 1.807) is 12.1 Å². The van der Waals surface area contributed by atoms with Gasteiger partial charge < -0.3 is 47.8 Å². The van der Waals surface area contributed by atoms with Gasteiger partial charge in [-0.3, -0.25) is 14.4 Å². The highest BCUT2D eigenvalue weighted by atomic mass is 16.4. The molecule has 0 saturated heterocycles. The zero-order valence-corrected chi connectivity index (χ0v) is 20.4. The Morgan fingerprint density at radius 2 is 1.36 bits per heavy atom. The van der Waals surface area contributed by atoms with Crippen LogP contribution in [0.2, 0.25) is 0 Å². The standard InChI is InChI=1S/C23H37N5O8/c1-12(29)18(21(33)26-17(23(35)36)5-3-4-10-24)28-22(34)19(13(2)30)27-20(32)16(25)11-14-6-8-15(31)9-7-14/h6-9,12-13,16-19,29-31H,3-5,10-11,24-25H2,1-2H3,(H,26,33)(H,27,32)(H,28,34)(H,35,36). The van der Waals surface area contributed by atoms with Crippen LogP contribution in [-0.4, -0.2) is 87.0 Å². The minimum atomic E-state index is -1.56. The van der Waals surface area contributed by atoms with Gasteiger partial charge in [0.2, 0.25) is 17.7 Å². The molecule has 13 heteroatoms. The maximum Gasteiger partial charge on any atom is 0.326 e. The molecule has 202 valence electrons. The molecule has 1 aromatic rings. The van der Waals surface area contributed by atoms with Crippen LogP contribution in [0.5, 0.6) is 5.75 Å². The number of nitrogens with one attached hydrogen (secondary N) is 3. The maximum absolute atomic E-state index is 12.8. The number of carboxylic acids is 1. The predicted octanol–water partition coefficient (Wildman–Crippen LogP) is -2.31. The molecule has 0 saturated carbocycles. The smallest absolute Gasteiger partial charge is 0.326 e. The number of aliphatic hydroxyl groups excluding tert-OH is 2. The van der Waals surface area contributed by atoms with Crippen LogP contribution in [0.4, 0.5) is 0 Å². The molecule has 0 aliphatic carbocycles. The fraction of sp³-hybridized carbons (Fsp3) is 0.565. The summed E-state index contributed by atoms with van der Waals surface area (Å²) in [6.07, 6.45) is -1.63. The molecule has 1 aromatic carbocycles. The third-order valence-corrected chi connectivity index (χ3v) is 5.42. The monoisotopic (exact) mass is 511 g/mol. The van der Waals surface area contributed by atoms with Crippen LogP contribution < -0.4 is 27.4 Å². The van der Waals surface area contributed by atoms with Crippen molar-refractivity contribution in [2.45, 2.75) is 75.9 Å². The second kappa shape index (κ2) is 15.0. The van der Waals surface area contributed by atoms with Crippen LogP contribution in [0.25, 0.3) is 0 Å². The first-order chi connectivity index (χ1) is 16.9. The van der Waals surface area contributed by atoms with Crippen molar-refractivity contribution >= 4 is 23.7 Å². The van der Waals surface area contributed by atoms with E-state index >= 15 is 0 Å². The first-order valence-corrected chi connectivity index (χ1v) is 11.6. The summed E-state index contributed by atoms with van der Waals surface area (Å²) >= 11 is 0. The summed E-state index contributed by atoms with van der Waals surface area (Å²) in [4.78, 5) is 49.5. The third kappa shape index (κ3) is 10.2. The minimum absolute atomic E-state index is 0.0459. The van der Waals surface area contributed by atoms with E-state index in [9.17, 15) is 39.6 Å². The molecule has 0 heterocycles. The van der Waals surface area contributed by atoms with Gasteiger partial charge in [0, 0.05) is 0 Å². The Hall–Kier alpha value is -3.26. The highest BCUT2D eigenvalue weighted by molar-refractivity contribution is 5.94. The van der Waals surface area contributed by atoms with Crippen LogP contribution in [0.1, 0.15) is 38.7 Å². The van der Waals surface area contributed by atoms with Gasteiger partial charge in [-0.25, -0.2) is 4.79 Å². The molecule has 36 heavy (non-hydrogen) atoms. The second-order valence-electron chi connectivity index (χ2n) is 8.61. The Balaban J connectivity index is 2.85. The molecule has 1 rings (SSSR count).